The molecular weight excluding hydrogens is 384 g/mol. The van der Waals surface area contributed by atoms with Crippen LogP contribution in [0, 0.1) is 17.8 Å². The Morgan fingerprint density at radius 1 is 1.00 bits per heavy atom. The normalized spacial score (nSPS) is 17.2. The molecule has 31 heavy (non-hydrogen) atoms. The van der Waals surface area contributed by atoms with Gasteiger partial charge in [-0.25, -0.2) is 4.79 Å². The summed E-state index contributed by atoms with van der Waals surface area (Å²) < 4.78 is 5.53. The van der Waals surface area contributed by atoms with Crippen molar-refractivity contribution < 1.29 is 9.53 Å². The topological polar surface area (TPSA) is 41.9 Å². The molecular formula is C27H36N2O2. The van der Waals surface area contributed by atoms with Gasteiger partial charge in [0, 0.05) is 6.42 Å². The molecule has 1 heterocycles. The Bertz CT molecular complexity index is 872. The molecule has 0 spiro atoms. The first-order chi connectivity index (χ1) is 14.8. The summed E-state index contributed by atoms with van der Waals surface area (Å²) in [4.78, 5) is 12.4. The lowest BCUT2D eigenvalue weighted by Crippen LogP contribution is -2.31. The van der Waals surface area contributed by atoms with E-state index in [1.54, 1.807) is 0 Å². The molecule has 2 aromatic rings. The summed E-state index contributed by atoms with van der Waals surface area (Å²) in [6.07, 6.45) is 3.13. The average molecular weight is 421 g/mol. The highest BCUT2D eigenvalue weighted by Crippen LogP contribution is 2.30. The average Bonchev–Trinajstić information content (AvgIpc) is 3.22. The third-order valence-corrected chi connectivity index (χ3v) is 5.92. The minimum atomic E-state index is -0.248. The van der Waals surface area contributed by atoms with E-state index in [1.807, 2.05) is 42.5 Å². The first kappa shape index (κ1) is 23.1. The summed E-state index contributed by atoms with van der Waals surface area (Å²) >= 11 is 0. The van der Waals surface area contributed by atoms with Gasteiger partial charge in [-0.15, -0.1) is 0 Å². The molecule has 4 heteroatoms. The first-order valence-corrected chi connectivity index (χ1v) is 11.5. The van der Waals surface area contributed by atoms with E-state index in [1.165, 1.54) is 0 Å². The van der Waals surface area contributed by atoms with Gasteiger partial charge in [0.1, 0.15) is 0 Å². The minimum Gasteiger partial charge on any atom is -0.462 e. The van der Waals surface area contributed by atoms with Crippen molar-refractivity contribution in [3.8, 4) is 0 Å². The van der Waals surface area contributed by atoms with Crippen molar-refractivity contribution in [3.63, 3.8) is 0 Å². The Morgan fingerprint density at radius 2 is 1.68 bits per heavy atom. The van der Waals surface area contributed by atoms with Crippen molar-refractivity contribution in [1.82, 2.24) is 0 Å². The van der Waals surface area contributed by atoms with Crippen LogP contribution in [0.3, 0.4) is 0 Å². The molecule has 0 saturated carbocycles. The van der Waals surface area contributed by atoms with Crippen molar-refractivity contribution in [2.24, 2.45) is 22.9 Å². The summed E-state index contributed by atoms with van der Waals surface area (Å²) in [6, 6.07) is 18.3. The number of hydrazone groups is 1. The maximum atomic E-state index is 12.4. The fraction of sp³-hybridized carbons (Fsp3) is 0.481. The van der Waals surface area contributed by atoms with Gasteiger partial charge in [0.05, 0.1) is 29.6 Å². The van der Waals surface area contributed by atoms with E-state index in [9.17, 15) is 4.79 Å². The number of esters is 1. The molecule has 0 aliphatic carbocycles. The van der Waals surface area contributed by atoms with Crippen LogP contribution in [-0.2, 0) is 4.74 Å². The zero-order valence-electron chi connectivity index (χ0n) is 19.5. The molecule has 0 radical (unpaired) electrons. The number of para-hydroxylation sites is 1. The highest BCUT2D eigenvalue weighted by molar-refractivity contribution is 6.03. The van der Waals surface area contributed by atoms with Crippen molar-refractivity contribution in [2.75, 3.05) is 11.6 Å². The molecule has 2 unspecified atom stereocenters. The van der Waals surface area contributed by atoms with Crippen molar-refractivity contribution in [1.29, 1.82) is 0 Å². The second-order valence-corrected chi connectivity index (χ2v) is 9.49. The molecule has 4 nitrogen and oxygen atoms in total. The predicted octanol–water partition coefficient (Wildman–Crippen LogP) is 6.55. The first-order valence-electron chi connectivity index (χ1n) is 11.5. The van der Waals surface area contributed by atoms with Gasteiger partial charge in [0.25, 0.3) is 0 Å². The molecule has 2 atom stereocenters. The fourth-order valence-electron chi connectivity index (χ4n) is 3.85. The highest BCUT2D eigenvalue weighted by Gasteiger charge is 2.30. The summed E-state index contributed by atoms with van der Waals surface area (Å²) in [5.41, 5.74) is 3.83. The number of benzene rings is 2. The molecule has 0 N–H and O–H groups in total. The van der Waals surface area contributed by atoms with Gasteiger partial charge in [-0.2, -0.15) is 5.10 Å². The molecule has 0 amide bonds. The second kappa shape index (κ2) is 10.6. The minimum absolute atomic E-state index is 0.248. The maximum Gasteiger partial charge on any atom is 0.338 e. The highest BCUT2D eigenvalue weighted by atomic mass is 16.5. The van der Waals surface area contributed by atoms with Crippen LogP contribution in [0.25, 0.3) is 0 Å². The molecule has 0 bridgehead atoms. The van der Waals surface area contributed by atoms with Gasteiger partial charge in [-0.05, 0) is 54.0 Å². The lowest BCUT2D eigenvalue weighted by molar-refractivity contribution is 0.0441. The molecule has 3 rings (SSSR count). The maximum absolute atomic E-state index is 12.4. The smallest absolute Gasteiger partial charge is 0.338 e. The predicted molar refractivity (Wildman–Crippen MR) is 129 cm³/mol. The summed E-state index contributed by atoms with van der Waals surface area (Å²) in [6.45, 7) is 11.5. The van der Waals surface area contributed by atoms with Crippen LogP contribution in [0.2, 0.25) is 0 Å². The van der Waals surface area contributed by atoms with E-state index in [0.717, 1.165) is 36.2 Å². The Labute approximate surface area is 187 Å². The summed E-state index contributed by atoms with van der Waals surface area (Å²) in [5, 5.41) is 7.07. The van der Waals surface area contributed by atoms with Gasteiger partial charge in [-0.1, -0.05) is 71.4 Å². The monoisotopic (exact) mass is 420 g/mol. The van der Waals surface area contributed by atoms with E-state index >= 15 is 0 Å². The Hall–Kier alpha value is -2.62. The number of nitrogens with zero attached hydrogens (tertiary/aromatic N) is 2. The zero-order chi connectivity index (χ0) is 22.4. The van der Waals surface area contributed by atoms with Gasteiger partial charge in [0.2, 0.25) is 0 Å². The standard InChI is InChI=1S/C27H36N2O2/c1-19(2)11-12-21(5)18-31-27(30)23-15-13-22(14-16-23)25-17-26(20(3)4)29(28-25)24-9-7-6-8-10-24/h6-10,13-16,19-21,26H,11-12,17-18H2,1-5H3. The number of hydrogen-bond donors (Lipinski definition) is 0. The second-order valence-electron chi connectivity index (χ2n) is 9.49. The van der Waals surface area contributed by atoms with Crippen molar-refractivity contribution >= 4 is 17.4 Å². The number of rotatable bonds is 9. The van der Waals surface area contributed by atoms with E-state index in [2.05, 4.69) is 51.8 Å². The van der Waals surface area contributed by atoms with E-state index in [4.69, 9.17) is 9.84 Å². The third-order valence-electron chi connectivity index (χ3n) is 5.92. The largest absolute Gasteiger partial charge is 0.462 e. The van der Waals surface area contributed by atoms with E-state index in [0.29, 0.717) is 36.0 Å². The van der Waals surface area contributed by atoms with Crippen LogP contribution >= 0.6 is 0 Å². The van der Waals surface area contributed by atoms with Crippen molar-refractivity contribution in [2.45, 2.75) is 59.9 Å². The molecule has 1 aliphatic rings. The van der Waals surface area contributed by atoms with Gasteiger partial charge >= 0.3 is 5.97 Å². The lowest BCUT2D eigenvalue weighted by Gasteiger charge is -2.26. The fourth-order valence-corrected chi connectivity index (χ4v) is 3.85. The number of carbonyl (C=O) groups is 1. The Balaban J connectivity index is 1.65. The number of ether oxygens (including phenoxy) is 1. The van der Waals surface area contributed by atoms with Gasteiger partial charge < -0.3 is 4.74 Å². The molecule has 1 aliphatic heterocycles. The molecule has 166 valence electrons. The SMILES string of the molecule is CC(C)CCC(C)COC(=O)c1ccc(C2=NN(c3ccccc3)C(C(C)C)C2)cc1. The van der Waals surface area contributed by atoms with Crippen LogP contribution in [0.1, 0.15) is 69.8 Å². The number of hydrogen-bond acceptors (Lipinski definition) is 4. The lowest BCUT2D eigenvalue weighted by atomic mass is 9.95. The molecule has 0 fully saturated rings. The zero-order valence-corrected chi connectivity index (χ0v) is 19.5. The Morgan fingerprint density at radius 3 is 2.29 bits per heavy atom. The number of anilines is 1. The van der Waals surface area contributed by atoms with Gasteiger partial charge in [0.15, 0.2) is 0 Å². The summed E-state index contributed by atoms with van der Waals surface area (Å²) in [7, 11) is 0. The third kappa shape index (κ3) is 6.19. The van der Waals surface area contributed by atoms with Crippen LogP contribution in [-0.4, -0.2) is 24.3 Å². The van der Waals surface area contributed by atoms with E-state index < -0.39 is 0 Å². The Kier molecular flexibility index (Phi) is 7.89. The van der Waals surface area contributed by atoms with Crippen molar-refractivity contribution in [3.05, 3.63) is 65.7 Å². The van der Waals surface area contributed by atoms with Crippen LogP contribution in [0.15, 0.2) is 59.7 Å². The molecule has 2 aromatic carbocycles. The van der Waals surface area contributed by atoms with Crippen LogP contribution in [0.5, 0.6) is 0 Å². The number of carbonyl (C=O) groups excluding carboxylic acids is 1. The van der Waals surface area contributed by atoms with E-state index in [-0.39, 0.29) is 5.97 Å². The molecule has 0 saturated heterocycles. The van der Waals surface area contributed by atoms with Crippen LogP contribution in [0.4, 0.5) is 5.69 Å². The summed E-state index contributed by atoms with van der Waals surface area (Å²) in [5.74, 6) is 1.29. The van der Waals surface area contributed by atoms with Gasteiger partial charge in [-0.3, -0.25) is 5.01 Å². The van der Waals surface area contributed by atoms with Crippen LogP contribution < -0.4 is 5.01 Å². The quantitative estimate of drug-likeness (QED) is 0.432. The molecule has 0 aromatic heterocycles.